The maximum Gasteiger partial charge on any atom is 0.246 e. The van der Waals surface area contributed by atoms with Crippen molar-refractivity contribution in [1.82, 2.24) is 20.5 Å². The Kier molecular flexibility index (Phi) is 9.60. The molecule has 3 unspecified atom stereocenters. The Bertz CT molecular complexity index is 1750. The van der Waals surface area contributed by atoms with Gasteiger partial charge in [0.15, 0.2) is 11.5 Å². The molecule has 48 heavy (non-hydrogen) atoms. The fourth-order valence-electron chi connectivity index (χ4n) is 7.78. The number of nitrogens with one attached hydrogen (secondary N) is 2. The number of carbonyl (C=O) groups is 2. The number of aliphatic hydroxyl groups is 1. The number of benzene rings is 2. The minimum absolute atomic E-state index is 0.127. The number of hydrogen-bond acceptors (Lipinski definition) is 9. The Morgan fingerprint density at radius 2 is 1.88 bits per heavy atom. The number of likely N-dealkylation sites (tertiary alicyclic amines) is 1. The van der Waals surface area contributed by atoms with E-state index in [1.165, 1.54) is 6.07 Å². The van der Waals surface area contributed by atoms with Crippen LogP contribution in [0.25, 0.3) is 0 Å². The van der Waals surface area contributed by atoms with Gasteiger partial charge in [-0.05, 0) is 101 Å². The number of phenols is 2. The SMILES string of the molecule is Cc1cccc(C#Cc2cccc(OCCNC(=O)COCC(=O)N[C@H]3CCC4(O)C5Cc6ccc(O)c(O)c6C4(CCN5C)C3)c2)n1. The molecular formula is C37H42N4O7. The maximum absolute atomic E-state index is 12.8. The summed E-state index contributed by atoms with van der Waals surface area (Å²) in [5, 5.41) is 39.2. The highest BCUT2D eigenvalue weighted by Gasteiger charge is 2.65. The first-order chi connectivity index (χ1) is 23.1. The van der Waals surface area contributed by atoms with Gasteiger partial charge < -0.3 is 40.3 Å². The number of fused-ring (bicyclic) bond motifs is 1. The number of rotatable bonds is 9. The van der Waals surface area contributed by atoms with Crippen LogP contribution < -0.4 is 15.4 Å². The second-order valence-corrected chi connectivity index (χ2v) is 13.1. The Morgan fingerprint density at radius 3 is 2.71 bits per heavy atom. The number of carbonyl (C=O) groups excluding carboxylic acids is 2. The number of aryl methyl sites for hydroxylation is 1. The van der Waals surface area contributed by atoms with Crippen LogP contribution in [0.5, 0.6) is 17.2 Å². The van der Waals surface area contributed by atoms with Gasteiger partial charge in [-0.15, -0.1) is 0 Å². The minimum atomic E-state index is -1.10. The van der Waals surface area contributed by atoms with Crippen molar-refractivity contribution in [3.63, 3.8) is 0 Å². The van der Waals surface area contributed by atoms with Crippen LogP contribution in [0.1, 0.15) is 53.8 Å². The van der Waals surface area contributed by atoms with E-state index in [0.29, 0.717) is 49.1 Å². The quantitative estimate of drug-likeness (QED) is 0.133. The first kappa shape index (κ1) is 33.3. The second-order valence-electron chi connectivity index (χ2n) is 13.1. The summed E-state index contributed by atoms with van der Waals surface area (Å²) in [6, 6.07) is 16.0. The van der Waals surface area contributed by atoms with E-state index in [9.17, 15) is 24.9 Å². The van der Waals surface area contributed by atoms with Gasteiger partial charge in [0, 0.05) is 34.3 Å². The zero-order valence-corrected chi connectivity index (χ0v) is 27.3. The predicted molar refractivity (Wildman–Crippen MR) is 178 cm³/mol. The van der Waals surface area contributed by atoms with Crippen molar-refractivity contribution in [3.8, 4) is 29.1 Å². The lowest BCUT2D eigenvalue weighted by atomic mass is 9.48. The number of nitrogens with zero attached hydrogens (tertiary/aromatic N) is 2. The van der Waals surface area contributed by atoms with Gasteiger partial charge >= 0.3 is 0 Å². The standard InChI is InChI=1S/C37H42N4O7/c1-24-5-3-7-27(39-24)11-9-25-6-4-8-29(19-25)48-18-16-38-32(43)22-47-23-33(44)40-28-13-14-37(46)31-20-26-10-12-30(42)35(45)34(26)36(37,21-28)15-17-41(31)2/h3-8,10,12,19,28,31,42,45-46H,13-18,20-23H2,1-2H3,(H,38,43)(H,40,44)/t28-,31?,36?,37?/m0/s1. The van der Waals surface area contributed by atoms with Gasteiger partial charge in [-0.25, -0.2) is 4.98 Å². The highest BCUT2D eigenvalue weighted by Crippen LogP contribution is 2.60. The molecule has 252 valence electrons. The molecule has 4 atom stereocenters. The highest BCUT2D eigenvalue weighted by atomic mass is 16.5. The van der Waals surface area contributed by atoms with E-state index in [1.54, 1.807) is 0 Å². The Labute approximate surface area is 280 Å². The first-order valence-electron chi connectivity index (χ1n) is 16.4. The van der Waals surface area contributed by atoms with Crippen LogP contribution in [0.4, 0.5) is 0 Å². The highest BCUT2D eigenvalue weighted by molar-refractivity contribution is 5.79. The van der Waals surface area contributed by atoms with Crippen LogP contribution >= 0.6 is 0 Å². The second kappa shape index (κ2) is 13.8. The molecule has 1 saturated carbocycles. The Balaban J connectivity index is 0.949. The molecule has 1 aromatic heterocycles. The van der Waals surface area contributed by atoms with Crippen LogP contribution in [0.15, 0.2) is 54.6 Å². The van der Waals surface area contributed by atoms with Gasteiger partial charge in [-0.1, -0.05) is 24.1 Å². The normalized spacial score (nSPS) is 24.3. The average molecular weight is 655 g/mol. The molecule has 3 aliphatic rings. The number of pyridine rings is 1. The molecule has 0 spiro atoms. The first-order valence-corrected chi connectivity index (χ1v) is 16.4. The molecule has 6 rings (SSSR count). The topological polar surface area (TPSA) is 153 Å². The number of phenolic OH excluding ortho intramolecular Hbond substituents is 2. The Morgan fingerprint density at radius 1 is 1.06 bits per heavy atom. The number of amides is 2. The van der Waals surface area contributed by atoms with Crippen molar-refractivity contribution in [2.24, 2.45) is 0 Å². The number of aromatic hydroxyl groups is 2. The largest absolute Gasteiger partial charge is 0.504 e. The number of ether oxygens (including phenoxy) is 2. The predicted octanol–water partition coefficient (Wildman–Crippen LogP) is 2.31. The molecule has 2 fully saturated rings. The Hall–Kier alpha value is -4.63. The minimum Gasteiger partial charge on any atom is -0.504 e. The van der Waals surface area contributed by atoms with Crippen molar-refractivity contribution >= 4 is 11.8 Å². The van der Waals surface area contributed by atoms with E-state index in [1.807, 2.05) is 62.5 Å². The third-order valence-electron chi connectivity index (χ3n) is 9.99. The van der Waals surface area contributed by atoms with Crippen molar-refractivity contribution in [2.75, 3.05) is 40.0 Å². The van der Waals surface area contributed by atoms with Crippen molar-refractivity contribution in [3.05, 3.63) is 82.7 Å². The van der Waals surface area contributed by atoms with Crippen LogP contribution in [0.2, 0.25) is 0 Å². The third kappa shape index (κ3) is 6.69. The summed E-state index contributed by atoms with van der Waals surface area (Å²) in [4.78, 5) is 31.7. The molecule has 3 aromatic rings. The van der Waals surface area contributed by atoms with E-state index in [-0.39, 0.29) is 61.8 Å². The van der Waals surface area contributed by atoms with Gasteiger partial charge in [0.25, 0.3) is 0 Å². The maximum atomic E-state index is 12.8. The lowest BCUT2D eigenvalue weighted by Gasteiger charge is -2.64. The molecule has 2 aromatic carbocycles. The smallest absolute Gasteiger partial charge is 0.246 e. The molecule has 11 nitrogen and oxygen atoms in total. The lowest BCUT2D eigenvalue weighted by molar-refractivity contribution is -0.166. The average Bonchev–Trinajstić information content (AvgIpc) is 3.06. The summed E-state index contributed by atoms with van der Waals surface area (Å²) >= 11 is 0. The van der Waals surface area contributed by atoms with Gasteiger partial charge in [0.2, 0.25) is 11.8 Å². The number of likely N-dealkylation sites (N-methyl/N-ethyl adjacent to an activating group) is 1. The fourth-order valence-corrected chi connectivity index (χ4v) is 7.78. The summed E-state index contributed by atoms with van der Waals surface area (Å²) in [7, 11) is 2.01. The summed E-state index contributed by atoms with van der Waals surface area (Å²) in [5.41, 5.74) is 1.97. The van der Waals surface area contributed by atoms with Crippen molar-refractivity contribution in [2.45, 2.75) is 62.1 Å². The van der Waals surface area contributed by atoms with Crippen molar-refractivity contribution in [1.29, 1.82) is 0 Å². The molecule has 11 heteroatoms. The van der Waals surface area contributed by atoms with E-state index < -0.39 is 11.0 Å². The number of aromatic nitrogens is 1. The molecule has 1 aliphatic heterocycles. The van der Waals surface area contributed by atoms with Crippen LogP contribution in [-0.4, -0.2) is 94.7 Å². The molecule has 1 saturated heterocycles. The van der Waals surface area contributed by atoms with E-state index in [4.69, 9.17) is 9.47 Å². The summed E-state index contributed by atoms with van der Waals surface area (Å²) in [6.45, 7) is 2.56. The van der Waals surface area contributed by atoms with Crippen LogP contribution in [-0.2, 0) is 26.2 Å². The number of hydrogen-bond donors (Lipinski definition) is 5. The molecule has 0 radical (unpaired) electrons. The fraction of sp³-hybridized carbons (Fsp3) is 0.432. The van der Waals surface area contributed by atoms with E-state index in [2.05, 4.69) is 32.4 Å². The van der Waals surface area contributed by atoms with Gasteiger partial charge in [-0.2, -0.15) is 0 Å². The molecule has 5 N–H and O–H groups in total. The van der Waals surface area contributed by atoms with Crippen molar-refractivity contribution < 1.29 is 34.4 Å². The number of piperidine rings is 1. The summed E-state index contributed by atoms with van der Waals surface area (Å²) < 4.78 is 11.2. The molecule has 2 heterocycles. The lowest BCUT2D eigenvalue weighted by Crippen LogP contribution is -2.73. The monoisotopic (exact) mass is 654 g/mol. The van der Waals surface area contributed by atoms with E-state index in [0.717, 1.165) is 23.4 Å². The van der Waals surface area contributed by atoms with Crippen LogP contribution in [0, 0.1) is 18.8 Å². The van der Waals surface area contributed by atoms with Crippen LogP contribution in [0.3, 0.4) is 0 Å². The molecule has 2 amide bonds. The zero-order valence-electron chi connectivity index (χ0n) is 27.3. The van der Waals surface area contributed by atoms with Gasteiger partial charge in [0.1, 0.15) is 31.3 Å². The zero-order chi connectivity index (χ0) is 33.9. The van der Waals surface area contributed by atoms with E-state index >= 15 is 0 Å². The van der Waals surface area contributed by atoms with Gasteiger partial charge in [0.05, 0.1) is 12.1 Å². The molecular weight excluding hydrogens is 612 g/mol. The molecule has 2 bridgehead atoms. The van der Waals surface area contributed by atoms with Gasteiger partial charge in [-0.3, -0.25) is 9.59 Å². The molecule has 2 aliphatic carbocycles. The third-order valence-corrected chi connectivity index (χ3v) is 9.99. The summed E-state index contributed by atoms with van der Waals surface area (Å²) in [5.74, 6) is 5.63. The summed E-state index contributed by atoms with van der Waals surface area (Å²) in [6.07, 6.45) is 2.58.